The van der Waals surface area contributed by atoms with E-state index in [1.165, 1.54) is 37.7 Å². The maximum atomic E-state index is 8.74. The third-order valence-corrected chi connectivity index (χ3v) is 6.96. The molecular weight excluding hydrogens is 306 g/mol. The van der Waals surface area contributed by atoms with Crippen LogP contribution in [0.1, 0.15) is 82.4 Å². The molecule has 0 radical (unpaired) electrons. The highest BCUT2D eigenvalue weighted by Gasteiger charge is 2.51. The van der Waals surface area contributed by atoms with Crippen molar-refractivity contribution in [2.24, 2.45) is 11.3 Å². The Morgan fingerprint density at radius 3 is 2.80 bits per heavy atom. The fourth-order valence-electron chi connectivity index (χ4n) is 5.60. The third-order valence-electron chi connectivity index (χ3n) is 6.96. The van der Waals surface area contributed by atoms with Gasteiger partial charge in [-0.25, -0.2) is 0 Å². The number of benzene rings is 1. The molecule has 3 atom stereocenters. The van der Waals surface area contributed by atoms with Gasteiger partial charge in [-0.1, -0.05) is 52.3 Å². The molecule has 1 aromatic carbocycles. The molecule has 1 fully saturated rings. The molecule has 0 amide bonds. The van der Waals surface area contributed by atoms with E-state index in [1.54, 1.807) is 11.1 Å². The van der Waals surface area contributed by atoms with Crippen molar-refractivity contribution in [3.8, 4) is 6.07 Å². The zero-order valence-electron chi connectivity index (χ0n) is 16.4. The van der Waals surface area contributed by atoms with Gasteiger partial charge in [0.1, 0.15) is 0 Å². The number of fused-ring (bicyclic) bond motifs is 3. The standard InChI is InChI=1S/C23H33NO/c1-17(2)18-7-9-20-19(15-18)8-10-21-22(3,16-25-14-6-13-24)11-5-12-23(20,21)4/h7,9,15,17,21H,5-6,8,10-12,14,16H2,1-4H3. The number of nitrogens with zero attached hydrogens (tertiary/aromatic N) is 1. The lowest BCUT2D eigenvalue weighted by Gasteiger charge is -2.55. The summed E-state index contributed by atoms with van der Waals surface area (Å²) >= 11 is 0. The first kappa shape index (κ1) is 18.5. The molecule has 2 nitrogen and oxygen atoms in total. The van der Waals surface area contributed by atoms with Crippen LogP contribution < -0.4 is 0 Å². The van der Waals surface area contributed by atoms with Gasteiger partial charge < -0.3 is 4.74 Å². The summed E-state index contributed by atoms with van der Waals surface area (Å²) in [6, 6.07) is 9.44. The highest BCUT2D eigenvalue weighted by atomic mass is 16.5. The van der Waals surface area contributed by atoms with E-state index in [-0.39, 0.29) is 10.8 Å². The number of aryl methyl sites for hydroxylation is 1. The molecule has 0 saturated heterocycles. The Hall–Kier alpha value is -1.33. The van der Waals surface area contributed by atoms with Crippen LogP contribution in [0.2, 0.25) is 0 Å². The van der Waals surface area contributed by atoms with Crippen molar-refractivity contribution >= 4 is 0 Å². The summed E-state index contributed by atoms with van der Waals surface area (Å²) in [7, 11) is 0. The minimum absolute atomic E-state index is 0.233. The molecule has 136 valence electrons. The lowest BCUT2D eigenvalue weighted by Crippen LogP contribution is -2.51. The topological polar surface area (TPSA) is 33.0 Å². The first-order chi connectivity index (χ1) is 11.9. The van der Waals surface area contributed by atoms with Crippen LogP contribution in [0.5, 0.6) is 0 Å². The maximum absolute atomic E-state index is 8.74. The van der Waals surface area contributed by atoms with Gasteiger partial charge in [0.15, 0.2) is 0 Å². The van der Waals surface area contributed by atoms with Crippen molar-refractivity contribution in [1.29, 1.82) is 5.26 Å². The van der Waals surface area contributed by atoms with Crippen LogP contribution in [0.15, 0.2) is 18.2 Å². The summed E-state index contributed by atoms with van der Waals surface area (Å²) in [4.78, 5) is 0. The van der Waals surface area contributed by atoms with Crippen molar-refractivity contribution in [3.05, 3.63) is 34.9 Å². The fourth-order valence-corrected chi connectivity index (χ4v) is 5.60. The molecule has 3 unspecified atom stereocenters. The predicted molar refractivity (Wildman–Crippen MR) is 103 cm³/mol. The van der Waals surface area contributed by atoms with Crippen LogP contribution in [0, 0.1) is 22.7 Å². The average Bonchev–Trinajstić information content (AvgIpc) is 2.58. The molecule has 25 heavy (non-hydrogen) atoms. The minimum atomic E-state index is 0.233. The minimum Gasteiger partial charge on any atom is -0.380 e. The largest absolute Gasteiger partial charge is 0.380 e. The molecule has 0 bridgehead atoms. The second-order valence-electron chi connectivity index (χ2n) is 9.05. The molecule has 2 heteroatoms. The SMILES string of the molecule is CC(C)c1ccc2c(c1)CCC1C(C)(COCCC#N)CCCC21C. The van der Waals surface area contributed by atoms with Gasteiger partial charge in [0.05, 0.1) is 25.7 Å². The molecule has 1 aromatic rings. The number of hydrogen-bond donors (Lipinski definition) is 0. The van der Waals surface area contributed by atoms with E-state index in [0.717, 1.165) is 6.61 Å². The molecule has 0 spiro atoms. The summed E-state index contributed by atoms with van der Waals surface area (Å²) < 4.78 is 5.93. The van der Waals surface area contributed by atoms with Crippen molar-refractivity contribution < 1.29 is 4.74 Å². The van der Waals surface area contributed by atoms with Gasteiger partial charge >= 0.3 is 0 Å². The Labute approximate surface area is 153 Å². The van der Waals surface area contributed by atoms with Crippen molar-refractivity contribution in [3.63, 3.8) is 0 Å². The van der Waals surface area contributed by atoms with Gasteiger partial charge in [-0.3, -0.25) is 0 Å². The van der Waals surface area contributed by atoms with E-state index in [9.17, 15) is 0 Å². The summed E-state index contributed by atoms with van der Waals surface area (Å²) in [6.45, 7) is 10.9. The van der Waals surface area contributed by atoms with E-state index in [0.29, 0.717) is 24.9 Å². The first-order valence-corrected chi connectivity index (χ1v) is 9.99. The fraction of sp³-hybridized carbons (Fsp3) is 0.696. The number of ether oxygens (including phenoxy) is 1. The van der Waals surface area contributed by atoms with Gasteiger partial charge in [0.2, 0.25) is 0 Å². The number of rotatable bonds is 5. The molecule has 2 aliphatic carbocycles. The Morgan fingerprint density at radius 2 is 2.08 bits per heavy atom. The van der Waals surface area contributed by atoms with E-state index in [4.69, 9.17) is 10.00 Å². The van der Waals surface area contributed by atoms with Crippen LogP contribution in [-0.2, 0) is 16.6 Å². The van der Waals surface area contributed by atoms with E-state index in [2.05, 4.69) is 52.0 Å². The lowest BCUT2D eigenvalue weighted by molar-refractivity contribution is -0.0451. The van der Waals surface area contributed by atoms with Crippen LogP contribution in [0.4, 0.5) is 0 Å². The summed E-state index contributed by atoms with van der Waals surface area (Å²) in [6.07, 6.45) is 6.78. The number of nitriles is 1. The Balaban J connectivity index is 1.87. The molecule has 2 aliphatic rings. The van der Waals surface area contributed by atoms with Gasteiger partial charge in [0.25, 0.3) is 0 Å². The predicted octanol–water partition coefficient (Wildman–Crippen LogP) is 5.75. The Kier molecular flexibility index (Phi) is 5.26. The highest BCUT2D eigenvalue weighted by Crippen LogP contribution is 2.57. The Bertz CT molecular complexity index is 659. The highest BCUT2D eigenvalue weighted by molar-refractivity contribution is 5.42. The molecular formula is C23H33NO. The van der Waals surface area contributed by atoms with Crippen LogP contribution in [-0.4, -0.2) is 13.2 Å². The number of hydrogen-bond acceptors (Lipinski definition) is 2. The van der Waals surface area contributed by atoms with Gasteiger partial charge in [-0.05, 0) is 65.0 Å². The third kappa shape index (κ3) is 3.36. The van der Waals surface area contributed by atoms with Gasteiger partial charge in [-0.2, -0.15) is 5.26 Å². The van der Waals surface area contributed by atoms with Crippen molar-refractivity contribution in [1.82, 2.24) is 0 Å². The molecule has 3 rings (SSSR count). The van der Waals surface area contributed by atoms with Crippen molar-refractivity contribution in [2.75, 3.05) is 13.2 Å². The lowest BCUT2D eigenvalue weighted by atomic mass is 9.50. The Morgan fingerprint density at radius 1 is 1.28 bits per heavy atom. The second-order valence-corrected chi connectivity index (χ2v) is 9.05. The quantitative estimate of drug-likeness (QED) is 0.640. The van der Waals surface area contributed by atoms with Crippen LogP contribution in [0.25, 0.3) is 0 Å². The summed E-state index contributed by atoms with van der Waals surface area (Å²) in [5, 5.41) is 8.74. The van der Waals surface area contributed by atoms with E-state index < -0.39 is 0 Å². The molecule has 1 saturated carbocycles. The van der Waals surface area contributed by atoms with Crippen LogP contribution in [0.3, 0.4) is 0 Å². The van der Waals surface area contributed by atoms with E-state index in [1.807, 2.05) is 0 Å². The average molecular weight is 340 g/mol. The molecule has 0 N–H and O–H groups in total. The van der Waals surface area contributed by atoms with Crippen LogP contribution >= 0.6 is 0 Å². The van der Waals surface area contributed by atoms with Gasteiger partial charge in [-0.15, -0.1) is 0 Å². The monoisotopic (exact) mass is 339 g/mol. The summed E-state index contributed by atoms with van der Waals surface area (Å²) in [5.74, 6) is 1.27. The zero-order valence-corrected chi connectivity index (χ0v) is 16.4. The maximum Gasteiger partial charge on any atom is 0.0645 e. The van der Waals surface area contributed by atoms with E-state index >= 15 is 0 Å². The second kappa shape index (κ2) is 7.12. The normalized spacial score (nSPS) is 31.3. The summed E-state index contributed by atoms with van der Waals surface area (Å²) in [5.41, 5.74) is 5.15. The molecule has 0 heterocycles. The molecule has 0 aliphatic heterocycles. The zero-order chi connectivity index (χ0) is 18.1. The first-order valence-electron chi connectivity index (χ1n) is 9.99. The smallest absolute Gasteiger partial charge is 0.0645 e. The van der Waals surface area contributed by atoms with Gasteiger partial charge in [0, 0.05) is 0 Å². The van der Waals surface area contributed by atoms with Crippen molar-refractivity contribution in [2.45, 2.75) is 77.6 Å². The molecule has 0 aromatic heterocycles.